The van der Waals surface area contributed by atoms with E-state index in [1.807, 2.05) is 0 Å². The Balaban J connectivity index is 2.04. The Hall–Kier alpha value is -0.930. The third-order valence-electron chi connectivity index (χ3n) is 4.43. The number of rotatable bonds is 6. The van der Waals surface area contributed by atoms with Gasteiger partial charge in [-0.05, 0) is 31.0 Å². The Morgan fingerprint density at radius 1 is 1.21 bits per heavy atom. The summed E-state index contributed by atoms with van der Waals surface area (Å²) in [5.74, 6) is -0.225. The smallest absolute Gasteiger partial charge is 0.123 e. The first kappa shape index (κ1) is 14.5. The summed E-state index contributed by atoms with van der Waals surface area (Å²) >= 11 is 0. The Kier molecular flexibility index (Phi) is 4.26. The number of hydrogen-bond donors (Lipinski definition) is 1. The van der Waals surface area contributed by atoms with Gasteiger partial charge in [-0.3, -0.25) is 0 Å². The van der Waals surface area contributed by atoms with Crippen molar-refractivity contribution in [3.05, 3.63) is 35.6 Å². The SMILES string of the molecule is CCCCCCC1(C)OCC1(N)c1ccc(F)cc1. The van der Waals surface area contributed by atoms with E-state index in [1.54, 1.807) is 12.1 Å². The van der Waals surface area contributed by atoms with E-state index in [0.29, 0.717) is 6.61 Å². The van der Waals surface area contributed by atoms with Crippen LogP contribution in [-0.4, -0.2) is 12.2 Å². The first-order chi connectivity index (χ1) is 9.02. The summed E-state index contributed by atoms with van der Waals surface area (Å²) in [6.45, 7) is 4.79. The molecule has 2 unspecified atom stereocenters. The third kappa shape index (κ3) is 2.67. The quantitative estimate of drug-likeness (QED) is 0.795. The molecule has 0 aliphatic carbocycles. The summed E-state index contributed by atoms with van der Waals surface area (Å²) in [6, 6.07) is 6.50. The van der Waals surface area contributed by atoms with Crippen molar-refractivity contribution in [2.75, 3.05) is 6.61 Å². The molecule has 1 aliphatic heterocycles. The van der Waals surface area contributed by atoms with Crippen molar-refractivity contribution in [1.82, 2.24) is 0 Å². The molecule has 1 saturated heterocycles. The highest BCUT2D eigenvalue weighted by molar-refractivity contribution is 5.31. The average Bonchev–Trinajstić information content (AvgIpc) is 2.42. The highest BCUT2D eigenvalue weighted by atomic mass is 19.1. The van der Waals surface area contributed by atoms with Crippen LogP contribution in [0.2, 0.25) is 0 Å². The van der Waals surface area contributed by atoms with Crippen LogP contribution in [0.3, 0.4) is 0 Å². The lowest BCUT2D eigenvalue weighted by Gasteiger charge is -2.55. The molecule has 0 aromatic heterocycles. The van der Waals surface area contributed by atoms with Crippen LogP contribution in [0.5, 0.6) is 0 Å². The topological polar surface area (TPSA) is 35.2 Å². The van der Waals surface area contributed by atoms with Crippen molar-refractivity contribution in [3.63, 3.8) is 0 Å². The van der Waals surface area contributed by atoms with Crippen LogP contribution in [0.1, 0.15) is 51.5 Å². The Morgan fingerprint density at radius 3 is 2.42 bits per heavy atom. The molecule has 2 nitrogen and oxygen atoms in total. The summed E-state index contributed by atoms with van der Waals surface area (Å²) in [7, 11) is 0. The number of benzene rings is 1. The van der Waals surface area contributed by atoms with Crippen molar-refractivity contribution in [2.24, 2.45) is 5.73 Å². The molecule has 0 bridgehead atoms. The van der Waals surface area contributed by atoms with Crippen LogP contribution in [-0.2, 0) is 10.3 Å². The molecule has 2 atom stereocenters. The lowest BCUT2D eigenvalue weighted by Crippen LogP contribution is -2.69. The van der Waals surface area contributed by atoms with Crippen LogP contribution in [0.15, 0.2) is 24.3 Å². The van der Waals surface area contributed by atoms with Crippen molar-refractivity contribution < 1.29 is 9.13 Å². The lowest BCUT2D eigenvalue weighted by molar-refractivity contribution is -0.217. The minimum Gasteiger partial charge on any atom is -0.371 e. The van der Waals surface area contributed by atoms with Crippen molar-refractivity contribution in [3.8, 4) is 0 Å². The molecule has 1 aromatic carbocycles. The molecule has 2 rings (SSSR count). The number of ether oxygens (including phenoxy) is 1. The van der Waals surface area contributed by atoms with E-state index in [4.69, 9.17) is 10.5 Å². The van der Waals surface area contributed by atoms with E-state index >= 15 is 0 Å². The number of halogens is 1. The van der Waals surface area contributed by atoms with Crippen LogP contribution in [0.25, 0.3) is 0 Å². The van der Waals surface area contributed by atoms with Crippen LogP contribution < -0.4 is 5.73 Å². The second kappa shape index (κ2) is 5.59. The van der Waals surface area contributed by atoms with Crippen LogP contribution >= 0.6 is 0 Å². The van der Waals surface area contributed by atoms with E-state index in [9.17, 15) is 4.39 Å². The number of unbranched alkanes of at least 4 members (excludes halogenated alkanes) is 3. The monoisotopic (exact) mass is 265 g/mol. The molecule has 1 aliphatic rings. The zero-order chi connectivity index (χ0) is 13.9. The fourth-order valence-corrected chi connectivity index (χ4v) is 2.79. The largest absolute Gasteiger partial charge is 0.371 e. The molecule has 0 radical (unpaired) electrons. The van der Waals surface area contributed by atoms with Crippen molar-refractivity contribution in [2.45, 2.75) is 57.1 Å². The van der Waals surface area contributed by atoms with Gasteiger partial charge < -0.3 is 10.5 Å². The minimum absolute atomic E-state index is 0.225. The predicted octanol–water partition coefficient (Wildman–Crippen LogP) is 3.74. The lowest BCUT2D eigenvalue weighted by atomic mass is 9.69. The first-order valence-corrected chi connectivity index (χ1v) is 7.21. The molecule has 1 aromatic rings. The van der Waals surface area contributed by atoms with Crippen molar-refractivity contribution >= 4 is 0 Å². The van der Waals surface area contributed by atoms with Crippen LogP contribution in [0.4, 0.5) is 4.39 Å². The van der Waals surface area contributed by atoms with Gasteiger partial charge in [0.2, 0.25) is 0 Å². The Morgan fingerprint density at radius 2 is 1.89 bits per heavy atom. The van der Waals surface area contributed by atoms with Gasteiger partial charge >= 0.3 is 0 Å². The number of nitrogens with two attached hydrogens (primary N) is 1. The highest BCUT2D eigenvalue weighted by Crippen LogP contribution is 2.45. The second-order valence-electron chi connectivity index (χ2n) is 5.81. The van der Waals surface area contributed by atoms with Gasteiger partial charge in [0.25, 0.3) is 0 Å². The molecule has 2 N–H and O–H groups in total. The van der Waals surface area contributed by atoms with E-state index in [2.05, 4.69) is 13.8 Å². The maximum absolute atomic E-state index is 13.0. The third-order valence-corrected chi connectivity index (χ3v) is 4.43. The maximum atomic E-state index is 13.0. The summed E-state index contributed by atoms with van der Waals surface area (Å²) < 4.78 is 18.8. The van der Waals surface area contributed by atoms with E-state index in [0.717, 1.165) is 18.4 Å². The molecular weight excluding hydrogens is 241 g/mol. The van der Waals surface area contributed by atoms with Gasteiger partial charge in [0, 0.05) is 0 Å². The van der Waals surface area contributed by atoms with Gasteiger partial charge in [-0.25, -0.2) is 4.39 Å². The van der Waals surface area contributed by atoms with Crippen molar-refractivity contribution in [1.29, 1.82) is 0 Å². The number of hydrogen-bond acceptors (Lipinski definition) is 2. The van der Waals surface area contributed by atoms with E-state index in [-0.39, 0.29) is 11.4 Å². The first-order valence-electron chi connectivity index (χ1n) is 7.21. The summed E-state index contributed by atoms with van der Waals surface area (Å²) in [5.41, 5.74) is 6.69. The van der Waals surface area contributed by atoms with Gasteiger partial charge in [-0.15, -0.1) is 0 Å². The van der Waals surface area contributed by atoms with Gasteiger partial charge in [0.15, 0.2) is 0 Å². The molecule has 3 heteroatoms. The normalized spacial score (nSPS) is 30.1. The highest BCUT2D eigenvalue weighted by Gasteiger charge is 2.55. The van der Waals surface area contributed by atoms with Gasteiger partial charge in [0.1, 0.15) is 5.82 Å². The molecular formula is C16H24FNO. The zero-order valence-corrected chi connectivity index (χ0v) is 11.9. The summed E-state index contributed by atoms with van der Waals surface area (Å²) in [5, 5.41) is 0. The second-order valence-corrected chi connectivity index (χ2v) is 5.81. The minimum atomic E-state index is -0.479. The fourth-order valence-electron chi connectivity index (χ4n) is 2.79. The predicted molar refractivity (Wildman–Crippen MR) is 75.4 cm³/mol. The Bertz CT molecular complexity index is 419. The molecule has 1 fully saturated rings. The maximum Gasteiger partial charge on any atom is 0.123 e. The van der Waals surface area contributed by atoms with E-state index in [1.165, 1.54) is 31.4 Å². The molecule has 1 heterocycles. The van der Waals surface area contributed by atoms with Gasteiger partial charge in [0.05, 0.1) is 17.7 Å². The van der Waals surface area contributed by atoms with E-state index < -0.39 is 5.54 Å². The molecule has 0 saturated carbocycles. The average molecular weight is 265 g/mol. The summed E-state index contributed by atoms with van der Waals surface area (Å²) in [6.07, 6.45) is 5.79. The zero-order valence-electron chi connectivity index (χ0n) is 11.9. The van der Waals surface area contributed by atoms with Gasteiger partial charge in [-0.1, -0.05) is 44.7 Å². The van der Waals surface area contributed by atoms with Gasteiger partial charge in [-0.2, -0.15) is 0 Å². The summed E-state index contributed by atoms with van der Waals surface area (Å²) in [4.78, 5) is 0. The molecule has 106 valence electrons. The molecule has 19 heavy (non-hydrogen) atoms. The molecule has 0 amide bonds. The fraction of sp³-hybridized carbons (Fsp3) is 0.625. The standard InChI is InChI=1S/C16H24FNO/c1-3-4-5-6-11-15(2)16(18,12-19-15)13-7-9-14(17)10-8-13/h7-10H,3-6,11-12,18H2,1-2H3. The molecule has 0 spiro atoms. The Labute approximate surface area is 115 Å². The van der Waals surface area contributed by atoms with Crippen LogP contribution in [0, 0.1) is 5.82 Å².